The molecule has 1 heterocycles. The number of anilines is 1. The molecule has 4 nitrogen and oxygen atoms in total. The highest BCUT2D eigenvalue weighted by Gasteiger charge is 2.20. The normalized spacial score (nSPS) is 23.1. The smallest absolute Gasteiger partial charge is 0.218 e. The van der Waals surface area contributed by atoms with Crippen LogP contribution in [-0.4, -0.2) is 22.6 Å². The Morgan fingerprint density at radius 2 is 2.00 bits per heavy atom. The minimum Gasteiger partial charge on any atom is -0.478 e. The summed E-state index contributed by atoms with van der Waals surface area (Å²) in [5, 5.41) is 3.51. The van der Waals surface area contributed by atoms with Gasteiger partial charge in [0.05, 0.1) is 6.61 Å². The lowest BCUT2D eigenvalue weighted by Crippen LogP contribution is -2.26. The fraction of sp³-hybridized carbons (Fsp3) is 0.733. The van der Waals surface area contributed by atoms with Crippen molar-refractivity contribution in [2.75, 3.05) is 11.9 Å². The highest BCUT2D eigenvalue weighted by molar-refractivity contribution is 5.38. The van der Waals surface area contributed by atoms with Gasteiger partial charge in [0.1, 0.15) is 12.1 Å². The summed E-state index contributed by atoms with van der Waals surface area (Å²) in [5.74, 6) is 2.48. The number of ether oxygens (including phenoxy) is 1. The molecule has 1 N–H and O–H groups in total. The van der Waals surface area contributed by atoms with Crippen molar-refractivity contribution in [2.45, 2.75) is 58.4 Å². The van der Waals surface area contributed by atoms with Crippen LogP contribution < -0.4 is 10.1 Å². The molecule has 0 aliphatic heterocycles. The van der Waals surface area contributed by atoms with Crippen LogP contribution in [0.1, 0.15) is 52.4 Å². The fourth-order valence-electron chi connectivity index (χ4n) is 2.63. The third-order valence-corrected chi connectivity index (χ3v) is 3.87. The van der Waals surface area contributed by atoms with Crippen molar-refractivity contribution in [2.24, 2.45) is 5.92 Å². The molecular weight excluding hydrogens is 238 g/mol. The molecular formula is C15H25N3O. The maximum absolute atomic E-state index is 5.53. The van der Waals surface area contributed by atoms with Gasteiger partial charge in [-0.15, -0.1) is 0 Å². The Labute approximate surface area is 116 Å². The van der Waals surface area contributed by atoms with Gasteiger partial charge in [0.25, 0.3) is 0 Å². The van der Waals surface area contributed by atoms with E-state index < -0.39 is 0 Å². The lowest BCUT2D eigenvalue weighted by Gasteiger charge is -2.28. The molecule has 0 unspecified atom stereocenters. The van der Waals surface area contributed by atoms with Crippen LogP contribution in [0.3, 0.4) is 0 Å². The second kappa shape index (κ2) is 7.31. The summed E-state index contributed by atoms with van der Waals surface area (Å²) in [6.45, 7) is 5.09. The molecule has 4 heteroatoms. The maximum Gasteiger partial charge on any atom is 0.218 e. The van der Waals surface area contributed by atoms with Crippen LogP contribution in [0.25, 0.3) is 0 Å². The molecule has 1 fully saturated rings. The van der Waals surface area contributed by atoms with E-state index in [2.05, 4.69) is 29.1 Å². The van der Waals surface area contributed by atoms with Gasteiger partial charge in [-0.1, -0.05) is 20.3 Å². The Bertz CT molecular complexity index is 375. The van der Waals surface area contributed by atoms with Gasteiger partial charge in [0, 0.05) is 12.1 Å². The van der Waals surface area contributed by atoms with E-state index in [1.165, 1.54) is 32.1 Å². The molecule has 1 aromatic heterocycles. The lowest BCUT2D eigenvalue weighted by atomic mass is 9.84. The Morgan fingerprint density at radius 1 is 1.21 bits per heavy atom. The molecule has 19 heavy (non-hydrogen) atoms. The van der Waals surface area contributed by atoms with Gasteiger partial charge in [-0.25, -0.2) is 9.97 Å². The van der Waals surface area contributed by atoms with Crippen molar-refractivity contribution in [3.63, 3.8) is 0 Å². The van der Waals surface area contributed by atoms with E-state index in [9.17, 15) is 0 Å². The number of hydrogen-bond acceptors (Lipinski definition) is 4. The Balaban J connectivity index is 1.85. The third kappa shape index (κ3) is 4.37. The van der Waals surface area contributed by atoms with Crippen LogP contribution >= 0.6 is 0 Å². The van der Waals surface area contributed by atoms with Gasteiger partial charge >= 0.3 is 0 Å². The van der Waals surface area contributed by atoms with Crippen LogP contribution in [0.2, 0.25) is 0 Å². The first-order valence-corrected chi connectivity index (χ1v) is 7.53. The fourth-order valence-corrected chi connectivity index (χ4v) is 2.63. The van der Waals surface area contributed by atoms with Gasteiger partial charge < -0.3 is 10.1 Å². The first-order valence-electron chi connectivity index (χ1n) is 7.53. The number of rotatable bonds is 6. The molecule has 0 saturated heterocycles. The van der Waals surface area contributed by atoms with E-state index in [1.807, 2.05) is 6.07 Å². The molecule has 1 saturated carbocycles. The molecule has 0 spiro atoms. The van der Waals surface area contributed by atoms with Gasteiger partial charge in [-0.05, 0) is 38.0 Å². The van der Waals surface area contributed by atoms with E-state index in [0.29, 0.717) is 18.5 Å². The van der Waals surface area contributed by atoms with Gasteiger partial charge in [0.2, 0.25) is 5.88 Å². The van der Waals surface area contributed by atoms with Crippen molar-refractivity contribution >= 4 is 5.82 Å². The average Bonchev–Trinajstić information content (AvgIpc) is 2.46. The number of nitrogens with one attached hydrogen (secondary N) is 1. The molecule has 0 bridgehead atoms. The minimum absolute atomic E-state index is 0.553. The summed E-state index contributed by atoms with van der Waals surface area (Å²) in [4.78, 5) is 8.40. The van der Waals surface area contributed by atoms with E-state index in [-0.39, 0.29) is 0 Å². The Morgan fingerprint density at radius 3 is 2.68 bits per heavy atom. The average molecular weight is 263 g/mol. The first-order chi connectivity index (χ1) is 9.31. The van der Waals surface area contributed by atoms with Crippen LogP contribution in [0.15, 0.2) is 12.4 Å². The van der Waals surface area contributed by atoms with Crippen molar-refractivity contribution in [3.8, 4) is 5.88 Å². The van der Waals surface area contributed by atoms with E-state index in [0.717, 1.165) is 18.2 Å². The largest absolute Gasteiger partial charge is 0.478 e. The van der Waals surface area contributed by atoms with Gasteiger partial charge in [0.15, 0.2) is 0 Å². The number of nitrogens with zero attached hydrogens (tertiary/aromatic N) is 2. The maximum atomic E-state index is 5.53. The summed E-state index contributed by atoms with van der Waals surface area (Å²) >= 11 is 0. The molecule has 2 rings (SSSR count). The van der Waals surface area contributed by atoms with Crippen molar-refractivity contribution < 1.29 is 4.74 Å². The predicted molar refractivity (Wildman–Crippen MR) is 77.5 cm³/mol. The highest BCUT2D eigenvalue weighted by Crippen LogP contribution is 2.28. The highest BCUT2D eigenvalue weighted by atomic mass is 16.5. The first kappa shape index (κ1) is 14.1. The molecule has 1 aromatic rings. The molecule has 1 aliphatic carbocycles. The standard InChI is InChI=1S/C15H25N3O/c1-3-9-19-15-10-14(16-11-17-15)18-13-7-5-12(4-2)6-8-13/h10-13H,3-9H2,1-2H3,(H,16,17,18). The summed E-state index contributed by atoms with van der Waals surface area (Å²) in [6, 6.07) is 2.46. The van der Waals surface area contributed by atoms with Crippen LogP contribution in [-0.2, 0) is 0 Å². The van der Waals surface area contributed by atoms with Crippen LogP contribution in [0, 0.1) is 5.92 Å². The van der Waals surface area contributed by atoms with Gasteiger partial charge in [-0.3, -0.25) is 0 Å². The number of hydrogen-bond donors (Lipinski definition) is 1. The quantitative estimate of drug-likeness (QED) is 0.851. The summed E-state index contributed by atoms with van der Waals surface area (Å²) in [6.07, 6.45) is 9.03. The van der Waals surface area contributed by atoms with Crippen molar-refractivity contribution in [1.82, 2.24) is 9.97 Å². The minimum atomic E-state index is 0.553. The van der Waals surface area contributed by atoms with Gasteiger partial charge in [-0.2, -0.15) is 0 Å². The topological polar surface area (TPSA) is 47.0 Å². The predicted octanol–water partition coefficient (Wildman–Crippen LogP) is 3.65. The summed E-state index contributed by atoms with van der Waals surface area (Å²) < 4.78 is 5.53. The van der Waals surface area contributed by atoms with E-state index >= 15 is 0 Å². The monoisotopic (exact) mass is 263 g/mol. The van der Waals surface area contributed by atoms with E-state index in [4.69, 9.17) is 4.74 Å². The molecule has 106 valence electrons. The van der Waals surface area contributed by atoms with Crippen LogP contribution in [0.4, 0.5) is 5.82 Å². The third-order valence-electron chi connectivity index (χ3n) is 3.87. The van der Waals surface area contributed by atoms with Crippen LogP contribution in [0.5, 0.6) is 5.88 Å². The lowest BCUT2D eigenvalue weighted by molar-refractivity contribution is 0.304. The zero-order valence-corrected chi connectivity index (χ0v) is 12.1. The SMILES string of the molecule is CCCOc1cc(NC2CCC(CC)CC2)ncn1. The molecule has 0 aromatic carbocycles. The zero-order valence-electron chi connectivity index (χ0n) is 12.1. The molecule has 0 radical (unpaired) electrons. The molecule has 0 amide bonds. The Kier molecular flexibility index (Phi) is 5.43. The van der Waals surface area contributed by atoms with Crippen molar-refractivity contribution in [3.05, 3.63) is 12.4 Å². The van der Waals surface area contributed by atoms with E-state index in [1.54, 1.807) is 6.33 Å². The summed E-state index contributed by atoms with van der Waals surface area (Å²) in [7, 11) is 0. The number of aromatic nitrogens is 2. The Hall–Kier alpha value is -1.32. The molecule has 1 aliphatic rings. The second-order valence-corrected chi connectivity index (χ2v) is 5.36. The second-order valence-electron chi connectivity index (χ2n) is 5.36. The van der Waals surface area contributed by atoms with Crippen molar-refractivity contribution in [1.29, 1.82) is 0 Å². The summed E-state index contributed by atoms with van der Waals surface area (Å²) in [5.41, 5.74) is 0. The molecule has 0 atom stereocenters. The zero-order chi connectivity index (χ0) is 13.5.